The lowest BCUT2D eigenvalue weighted by Gasteiger charge is -2.13. The van der Waals surface area contributed by atoms with E-state index in [4.69, 9.17) is 4.74 Å². The number of rotatable bonds is 4. The van der Waals surface area contributed by atoms with E-state index in [9.17, 15) is 19.5 Å². The normalized spacial score (nSPS) is 9.84. The lowest BCUT2D eigenvalue weighted by molar-refractivity contribution is -0.114. The molecule has 2 N–H and O–H groups in total. The number of carboxylic acids is 1. The summed E-state index contributed by atoms with van der Waals surface area (Å²) in [6.07, 6.45) is 0. The van der Waals surface area contributed by atoms with Gasteiger partial charge in [0, 0.05) is 6.92 Å². The maximum absolute atomic E-state index is 11.9. The standard InChI is InChI=1S/C13H15NO5/c1-4-19-13(18)11-9(14-8(3)15)6-5-7(2)10(11)12(16)17/h5-6H,4H2,1-3H3,(H,14,15)(H,16,17). The van der Waals surface area contributed by atoms with Crippen molar-refractivity contribution in [3.8, 4) is 0 Å². The van der Waals surface area contributed by atoms with Crippen LogP contribution in [0, 0.1) is 6.92 Å². The molecule has 0 heterocycles. The molecule has 0 bridgehead atoms. The summed E-state index contributed by atoms with van der Waals surface area (Å²) in [6, 6.07) is 3.01. The van der Waals surface area contributed by atoms with Crippen molar-refractivity contribution in [1.29, 1.82) is 0 Å². The number of hydrogen-bond donors (Lipinski definition) is 2. The molecule has 6 nitrogen and oxygen atoms in total. The first-order chi connectivity index (χ1) is 8.88. The Morgan fingerprint density at radius 3 is 2.37 bits per heavy atom. The maximum atomic E-state index is 11.9. The Kier molecular flexibility index (Phi) is 4.63. The molecule has 1 aromatic carbocycles. The average Bonchev–Trinajstić information content (AvgIpc) is 2.30. The number of benzene rings is 1. The number of ether oxygens (including phenoxy) is 1. The number of hydrogen-bond acceptors (Lipinski definition) is 4. The Labute approximate surface area is 110 Å². The van der Waals surface area contributed by atoms with Crippen LogP contribution in [0.3, 0.4) is 0 Å². The van der Waals surface area contributed by atoms with Crippen LogP contribution in [0.5, 0.6) is 0 Å². The van der Waals surface area contributed by atoms with Crippen LogP contribution in [-0.2, 0) is 9.53 Å². The summed E-state index contributed by atoms with van der Waals surface area (Å²) >= 11 is 0. The summed E-state index contributed by atoms with van der Waals surface area (Å²) in [5, 5.41) is 11.6. The molecule has 0 aromatic heterocycles. The van der Waals surface area contributed by atoms with Crippen LogP contribution in [0.15, 0.2) is 12.1 Å². The van der Waals surface area contributed by atoms with Gasteiger partial charge in [-0.15, -0.1) is 0 Å². The highest BCUT2D eigenvalue weighted by molar-refractivity contribution is 6.09. The summed E-state index contributed by atoms with van der Waals surface area (Å²) < 4.78 is 4.84. The van der Waals surface area contributed by atoms with E-state index in [1.807, 2.05) is 0 Å². The fraction of sp³-hybridized carbons (Fsp3) is 0.308. The van der Waals surface area contributed by atoms with Crippen molar-refractivity contribution in [2.75, 3.05) is 11.9 Å². The molecule has 0 atom stereocenters. The molecule has 0 fully saturated rings. The largest absolute Gasteiger partial charge is 0.478 e. The molecule has 0 aliphatic heterocycles. The zero-order valence-electron chi connectivity index (χ0n) is 10.9. The predicted octanol–water partition coefficient (Wildman–Crippen LogP) is 1.83. The highest BCUT2D eigenvalue weighted by atomic mass is 16.5. The lowest BCUT2D eigenvalue weighted by Crippen LogP contribution is -2.18. The Balaban J connectivity index is 3.48. The van der Waals surface area contributed by atoms with Crippen LogP contribution in [-0.4, -0.2) is 29.6 Å². The van der Waals surface area contributed by atoms with Crippen molar-refractivity contribution in [1.82, 2.24) is 0 Å². The summed E-state index contributed by atoms with van der Waals surface area (Å²) in [5.41, 5.74) is 0.257. The number of anilines is 1. The first kappa shape index (κ1) is 14.7. The first-order valence-corrected chi connectivity index (χ1v) is 5.70. The molecule has 0 radical (unpaired) electrons. The van der Waals surface area contributed by atoms with Crippen LogP contribution in [0.2, 0.25) is 0 Å². The quantitative estimate of drug-likeness (QED) is 0.810. The van der Waals surface area contributed by atoms with Crippen LogP contribution >= 0.6 is 0 Å². The molecule has 6 heteroatoms. The Morgan fingerprint density at radius 1 is 1.26 bits per heavy atom. The number of nitrogens with one attached hydrogen (secondary N) is 1. The third-order valence-electron chi connectivity index (χ3n) is 2.42. The van der Waals surface area contributed by atoms with Gasteiger partial charge in [0.05, 0.1) is 23.4 Å². The van der Waals surface area contributed by atoms with E-state index in [0.29, 0.717) is 5.56 Å². The number of esters is 1. The maximum Gasteiger partial charge on any atom is 0.341 e. The molecular formula is C13H15NO5. The summed E-state index contributed by atoms with van der Waals surface area (Å²) in [5.74, 6) is -2.41. The Bertz CT molecular complexity index is 536. The molecule has 1 aromatic rings. The molecule has 0 aliphatic rings. The van der Waals surface area contributed by atoms with E-state index < -0.39 is 17.8 Å². The van der Waals surface area contributed by atoms with Gasteiger partial charge in [0.1, 0.15) is 0 Å². The predicted molar refractivity (Wildman–Crippen MR) is 68.4 cm³/mol. The second-order valence-electron chi connectivity index (χ2n) is 3.89. The van der Waals surface area contributed by atoms with Crippen LogP contribution in [0.25, 0.3) is 0 Å². The van der Waals surface area contributed by atoms with Gasteiger partial charge in [-0.2, -0.15) is 0 Å². The zero-order valence-corrected chi connectivity index (χ0v) is 10.9. The fourth-order valence-corrected chi connectivity index (χ4v) is 1.69. The molecule has 102 valence electrons. The second kappa shape index (κ2) is 5.99. The van der Waals surface area contributed by atoms with Gasteiger partial charge in [0.2, 0.25) is 5.91 Å². The Morgan fingerprint density at radius 2 is 1.89 bits per heavy atom. The number of amides is 1. The van der Waals surface area contributed by atoms with E-state index in [0.717, 1.165) is 0 Å². The van der Waals surface area contributed by atoms with Crippen molar-refractivity contribution in [3.63, 3.8) is 0 Å². The molecule has 0 spiro atoms. The van der Waals surface area contributed by atoms with Gasteiger partial charge >= 0.3 is 11.9 Å². The second-order valence-corrected chi connectivity index (χ2v) is 3.89. The smallest absolute Gasteiger partial charge is 0.341 e. The summed E-state index contributed by atoms with van der Waals surface area (Å²) in [4.78, 5) is 34.3. The number of carbonyl (C=O) groups is 3. The minimum Gasteiger partial charge on any atom is -0.478 e. The topological polar surface area (TPSA) is 92.7 Å². The number of aromatic carboxylic acids is 1. The third-order valence-corrected chi connectivity index (χ3v) is 2.42. The molecule has 1 amide bonds. The van der Waals surface area contributed by atoms with Gasteiger partial charge in [0.25, 0.3) is 0 Å². The van der Waals surface area contributed by atoms with Gasteiger partial charge in [0.15, 0.2) is 0 Å². The molecule has 0 aliphatic carbocycles. The van der Waals surface area contributed by atoms with Gasteiger partial charge in [-0.3, -0.25) is 4.79 Å². The fourth-order valence-electron chi connectivity index (χ4n) is 1.69. The molecule has 0 saturated carbocycles. The van der Waals surface area contributed by atoms with Crippen molar-refractivity contribution in [2.24, 2.45) is 0 Å². The monoisotopic (exact) mass is 265 g/mol. The molecule has 0 saturated heterocycles. The molecule has 0 unspecified atom stereocenters. The summed E-state index contributed by atoms with van der Waals surface area (Å²) in [6.45, 7) is 4.58. The lowest BCUT2D eigenvalue weighted by atomic mass is 10.00. The Hall–Kier alpha value is -2.37. The van der Waals surface area contributed by atoms with E-state index >= 15 is 0 Å². The van der Waals surface area contributed by atoms with Crippen molar-refractivity contribution in [2.45, 2.75) is 20.8 Å². The number of aryl methyl sites for hydroxylation is 1. The first-order valence-electron chi connectivity index (χ1n) is 5.70. The number of carboxylic acid groups (broad SMARTS) is 1. The van der Waals surface area contributed by atoms with E-state index in [2.05, 4.69) is 5.32 Å². The molecule has 19 heavy (non-hydrogen) atoms. The summed E-state index contributed by atoms with van der Waals surface area (Å²) in [7, 11) is 0. The highest BCUT2D eigenvalue weighted by Gasteiger charge is 2.24. The van der Waals surface area contributed by atoms with Crippen molar-refractivity contribution in [3.05, 3.63) is 28.8 Å². The van der Waals surface area contributed by atoms with Crippen molar-refractivity contribution < 1.29 is 24.2 Å². The van der Waals surface area contributed by atoms with Gasteiger partial charge < -0.3 is 15.2 Å². The number of carbonyl (C=O) groups excluding carboxylic acids is 2. The van der Waals surface area contributed by atoms with Crippen LogP contribution in [0.4, 0.5) is 5.69 Å². The SMILES string of the molecule is CCOC(=O)c1c(NC(C)=O)ccc(C)c1C(=O)O. The van der Waals surface area contributed by atoms with Crippen molar-refractivity contribution >= 4 is 23.5 Å². The van der Waals surface area contributed by atoms with E-state index in [1.54, 1.807) is 13.8 Å². The van der Waals surface area contributed by atoms with Gasteiger partial charge in [-0.1, -0.05) is 6.07 Å². The molecule has 1 rings (SSSR count). The minimum absolute atomic E-state index is 0.116. The zero-order chi connectivity index (χ0) is 14.6. The van der Waals surface area contributed by atoms with Crippen LogP contribution < -0.4 is 5.32 Å². The van der Waals surface area contributed by atoms with Gasteiger partial charge in [-0.05, 0) is 25.5 Å². The van der Waals surface area contributed by atoms with E-state index in [1.165, 1.54) is 19.1 Å². The highest BCUT2D eigenvalue weighted by Crippen LogP contribution is 2.24. The molecular weight excluding hydrogens is 250 g/mol. The third kappa shape index (κ3) is 3.31. The van der Waals surface area contributed by atoms with E-state index in [-0.39, 0.29) is 23.4 Å². The van der Waals surface area contributed by atoms with Gasteiger partial charge in [-0.25, -0.2) is 9.59 Å². The van der Waals surface area contributed by atoms with Crippen LogP contribution in [0.1, 0.15) is 40.1 Å². The minimum atomic E-state index is -1.24. The average molecular weight is 265 g/mol.